The summed E-state index contributed by atoms with van der Waals surface area (Å²) in [5.74, 6) is 0.788. The summed E-state index contributed by atoms with van der Waals surface area (Å²) in [5.41, 5.74) is 11.7. The number of aryl methyl sites for hydroxylation is 2. The van der Waals surface area contributed by atoms with Crippen molar-refractivity contribution < 1.29 is 0 Å². The molecular weight excluding hydrogens is 316 g/mol. The molecule has 0 saturated carbocycles. The Morgan fingerprint density at radius 1 is 1.12 bits per heavy atom. The maximum Gasteiger partial charge on any atom is 0.180 e. The molecule has 0 aliphatic carbocycles. The third kappa shape index (κ3) is 3.68. The number of nitrogens with zero attached hydrogens (tertiary/aromatic N) is 2. The van der Waals surface area contributed by atoms with Crippen LogP contribution in [0, 0.1) is 13.8 Å². The molecule has 3 N–H and O–H groups in total. The number of rotatable bonds is 4. The highest BCUT2D eigenvalue weighted by molar-refractivity contribution is 8.13. The minimum atomic E-state index is 0.459. The van der Waals surface area contributed by atoms with Crippen molar-refractivity contribution in [3.63, 3.8) is 0 Å². The maximum absolute atomic E-state index is 5.92. The number of aromatic nitrogens is 1. The Balaban J connectivity index is 1.70. The lowest BCUT2D eigenvalue weighted by molar-refractivity contribution is 1.24. The Hall–Kier alpha value is -2.53. The van der Waals surface area contributed by atoms with Crippen LogP contribution >= 0.6 is 11.8 Å². The van der Waals surface area contributed by atoms with E-state index in [1.165, 1.54) is 34.0 Å². The number of hydrogen-bond donors (Lipinski definition) is 2. The van der Waals surface area contributed by atoms with Crippen LogP contribution in [0.3, 0.4) is 0 Å². The lowest BCUT2D eigenvalue weighted by Gasteiger charge is -1.99. The molecule has 0 spiro atoms. The largest absolute Gasteiger partial charge is 0.377 e. The molecule has 4 nitrogen and oxygen atoms in total. The molecule has 0 atom stereocenters. The predicted molar refractivity (Wildman–Crippen MR) is 105 cm³/mol. The molecular formula is C19H20N4S. The van der Waals surface area contributed by atoms with Crippen LogP contribution in [0.25, 0.3) is 10.9 Å². The third-order valence-corrected chi connectivity index (χ3v) is 4.81. The van der Waals surface area contributed by atoms with E-state index in [1.54, 1.807) is 6.21 Å². The first-order valence-corrected chi connectivity index (χ1v) is 8.75. The SMILES string of the molecule is Cc1[nH]c2c(C=NN=C(N)SCc3ccccc3)cccc2c1C. The molecule has 2 aromatic carbocycles. The number of nitrogens with one attached hydrogen (secondary N) is 1. The smallest absolute Gasteiger partial charge is 0.180 e. The molecule has 0 aliphatic rings. The van der Waals surface area contributed by atoms with Gasteiger partial charge >= 0.3 is 0 Å². The summed E-state index contributed by atoms with van der Waals surface area (Å²) < 4.78 is 0. The highest BCUT2D eigenvalue weighted by Gasteiger charge is 2.06. The summed E-state index contributed by atoms with van der Waals surface area (Å²) in [6, 6.07) is 16.3. The van der Waals surface area contributed by atoms with Crippen molar-refractivity contribution in [2.24, 2.45) is 15.9 Å². The van der Waals surface area contributed by atoms with Gasteiger partial charge in [0.1, 0.15) is 0 Å². The van der Waals surface area contributed by atoms with Crippen LogP contribution in [0.15, 0.2) is 58.7 Å². The maximum atomic E-state index is 5.92. The van der Waals surface area contributed by atoms with E-state index in [2.05, 4.69) is 47.2 Å². The number of para-hydroxylation sites is 1. The van der Waals surface area contributed by atoms with E-state index >= 15 is 0 Å². The van der Waals surface area contributed by atoms with Gasteiger partial charge in [-0.15, -0.1) is 5.10 Å². The van der Waals surface area contributed by atoms with Gasteiger partial charge in [-0.05, 0) is 25.0 Å². The van der Waals surface area contributed by atoms with E-state index < -0.39 is 0 Å². The predicted octanol–water partition coefficient (Wildman–Crippen LogP) is 4.37. The fourth-order valence-corrected chi connectivity index (χ4v) is 3.13. The molecule has 0 bridgehead atoms. The van der Waals surface area contributed by atoms with Crippen molar-refractivity contribution in [2.75, 3.05) is 0 Å². The van der Waals surface area contributed by atoms with E-state index in [0.717, 1.165) is 16.8 Å². The van der Waals surface area contributed by atoms with Crippen molar-refractivity contribution in [1.82, 2.24) is 4.98 Å². The average Bonchev–Trinajstić information content (AvgIpc) is 2.90. The summed E-state index contributed by atoms with van der Waals surface area (Å²) in [4.78, 5) is 3.40. The summed E-state index contributed by atoms with van der Waals surface area (Å²) in [5, 5.41) is 9.90. The van der Waals surface area contributed by atoms with Crippen LogP contribution in [0.5, 0.6) is 0 Å². The Morgan fingerprint density at radius 3 is 2.71 bits per heavy atom. The van der Waals surface area contributed by atoms with E-state index in [-0.39, 0.29) is 0 Å². The zero-order valence-electron chi connectivity index (χ0n) is 13.8. The normalized spacial score (nSPS) is 12.3. The second kappa shape index (κ2) is 7.36. The van der Waals surface area contributed by atoms with Gasteiger partial charge in [0.05, 0.1) is 11.7 Å². The zero-order chi connectivity index (χ0) is 16.9. The molecule has 0 unspecified atom stereocenters. The molecule has 1 aromatic heterocycles. The first-order valence-electron chi connectivity index (χ1n) is 7.76. The number of H-pyrrole nitrogens is 1. The quantitative estimate of drug-likeness (QED) is 0.422. The number of amidine groups is 1. The highest BCUT2D eigenvalue weighted by atomic mass is 32.2. The van der Waals surface area contributed by atoms with Crippen molar-refractivity contribution in [3.05, 3.63) is 70.9 Å². The topological polar surface area (TPSA) is 66.5 Å². The van der Waals surface area contributed by atoms with Gasteiger partial charge in [0.15, 0.2) is 5.17 Å². The molecule has 1 heterocycles. The van der Waals surface area contributed by atoms with Crippen LogP contribution in [0.1, 0.15) is 22.4 Å². The number of thioether (sulfide) groups is 1. The Morgan fingerprint density at radius 2 is 1.92 bits per heavy atom. The molecule has 5 heteroatoms. The van der Waals surface area contributed by atoms with Gasteiger partial charge in [0.25, 0.3) is 0 Å². The van der Waals surface area contributed by atoms with Crippen LogP contribution in [0.2, 0.25) is 0 Å². The zero-order valence-corrected chi connectivity index (χ0v) is 14.6. The Labute approximate surface area is 145 Å². The van der Waals surface area contributed by atoms with E-state index in [1.807, 2.05) is 30.3 Å². The first kappa shape index (κ1) is 16.3. The molecule has 0 saturated heterocycles. The summed E-state index contributed by atoms with van der Waals surface area (Å²) in [6.45, 7) is 4.19. The van der Waals surface area contributed by atoms with Crippen LogP contribution in [-0.2, 0) is 5.75 Å². The van der Waals surface area contributed by atoms with Crippen molar-refractivity contribution in [3.8, 4) is 0 Å². The standard InChI is InChI=1S/C19H20N4S/c1-13-14(2)22-18-16(9-6-10-17(13)18)11-21-23-19(20)24-12-15-7-4-3-5-8-15/h3-11,22H,12H2,1-2H3,(H2,20,23). The van der Waals surface area contributed by atoms with Gasteiger partial charge in [0.2, 0.25) is 0 Å². The molecule has 3 rings (SSSR count). The van der Waals surface area contributed by atoms with Crippen molar-refractivity contribution >= 4 is 34.0 Å². The van der Waals surface area contributed by atoms with Gasteiger partial charge in [-0.1, -0.05) is 60.3 Å². The first-order chi connectivity index (χ1) is 11.6. The molecule has 122 valence electrons. The molecule has 0 amide bonds. The summed E-state index contributed by atoms with van der Waals surface area (Å²) in [7, 11) is 0. The van der Waals surface area contributed by atoms with Gasteiger partial charge in [-0.25, -0.2) is 0 Å². The van der Waals surface area contributed by atoms with Crippen molar-refractivity contribution in [1.29, 1.82) is 0 Å². The number of fused-ring (bicyclic) bond motifs is 1. The van der Waals surface area contributed by atoms with Crippen LogP contribution < -0.4 is 5.73 Å². The fraction of sp³-hybridized carbons (Fsp3) is 0.158. The van der Waals surface area contributed by atoms with Gasteiger partial charge in [0, 0.05) is 22.4 Å². The monoisotopic (exact) mass is 336 g/mol. The number of benzene rings is 2. The molecule has 0 fully saturated rings. The minimum Gasteiger partial charge on any atom is -0.377 e. The molecule has 24 heavy (non-hydrogen) atoms. The second-order valence-corrected chi connectivity index (χ2v) is 6.60. The fourth-order valence-electron chi connectivity index (χ4n) is 2.52. The van der Waals surface area contributed by atoms with Crippen molar-refractivity contribution in [2.45, 2.75) is 19.6 Å². The Bertz CT molecular complexity index is 894. The van der Waals surface area contributed by atoms with E-state index in [9.17, 15) is 0 Å². The number of nitrogens with two attached hydrogens (primary N) is 1. The Kier molecular flexibility index (Phi) is 5.01. The van der Waals surface area contributed by atoms with Crippen LogP contribution in [-0.4, -0.2) is 16.4 Å². The molecule has 0 radical (unpaired) electrons. The summed E-state index contributed by atoms with van der Waals surface area (Å²) in [6.07, 6.45) is 1.74. The molecule has 3 aromatic rings. The summed E-state index contributed by atoms with van der Waals surface area (Å²) >= 11 is 1.48. The number of aromatic amines is 1. The number of hydrogen-bond acceptors (Lipinski definition) is 3. The van der Waals surface area contributed by atoms with E-state index in [0.29, 0.717) is 5.17 Å². The van der Waals surface area contributed by atoms with Gasteiger partial charge < -0.3 is 10.7 Å². The highest BCUT2D eigenvalue weighted by Crippen LogP contribution is 2.23. The molecule has 0 aliphatic heterocycles. The third-order valence-electron chi connectivity index (χ3n) is 3.96. The van der Waals surface area contributed by atoms with Gasteiger partial charge in [-0.3, -0.25) is 0 Å². The lowest BCUT2D eigenvalue weighted by atomic mass is 10.1. The van der Waals surface area contributed by atoms with Gasteiger partial charge in [-0.2, -0.15) is 5.10 Å². The lowest BCUT2D eigenvalue weighted by Crippen LogP contribution is -2.06. The van der Waals surface area contributed by atoms with Crippen LogP contribution in [0.4, 0.5) is 0 Å². The minimum absolute atomic E-state index is 0.459. The van der Waals surface area contributed by atoms with E-state index in [4.69, 9.17) is 5.73 Å². The second-order valence-electron chi connectivity index (χ2n) is 5.60. The average molecular weight is 336 g/mol.